The molecular weight excluding hydrogens is 295 g/mol. The van der Waals surface area contributed by atoms with Crippen LogP contribution in [0.3, 0.4) is 0 Å². The molecule has 1 atom stereocenters. The van der Waals surface area contributed by atoms with Crippen molar-refractivity contribution >= 4 is 42.9 Å². The third-order valence-corrected chi connectivity index (χ3v) is 5.11. The minimum absolute atomic E-state index is 0.138. The largest absolute Gasteiger partial charge is 0.384 e. The molecule has 0 saturated carbocycles. The molecule has 0 saturated heterocycles. The predicted octanol–water partition coefficient (Wildman–Crippen LogP) is 4.76. The summed E-state index contributed by atoms with van der Waals surface area (Å²) in [4.78, 5) is 0. The second kappa shape index (κ2) is 5.50. The van der Waals surface area contributed by atoms with Crippen LogP contribution in [0, 0.1) is 0 Å². The van der Waals surface area contributed by atoms with Crippen LogP contribution in [0.1, 0.15) is 5.56 Å². The monoisotopic (exact) mass is 310 g/mol. The fourth-order valence-electron chi connectivity index (χ4n) is 1.96. The minimum atomic E-state index is -1.46. The maximum atomic E-state index is 10.7. The molecule has 17 heavy (non-hydrogen) atoms. The number of aliphatic hydroxyl groups is 1. The zero-order chi connectivity index (χ0) is 13.3. The molecule has 96 valence electrons. The Morgan fingerprint density at radius 2 is 1.82 bits per heavy atom. The standard InChI is InChI=1S/C12H17Cl3OSi/c1-17(2,3)8-12(16,7-13)10-5-4-9(14)6-11(10)15/h4-6,16H,7-8H2,1-3H3. The quantitative estimate of drug-likeness (QED) is 0.628. The molecule has 0 aliphatic carbocycles. The third-order valence-electron chi connectivity index (χ3n) is 2.48. The topological polar surface area (TPSA) is 20.2 Å². The van der Waals surface area contributed by atoms with Gasteiger partial charge in [0.2, 0.25) is 0 Å². The fraction of sp³-hybridized carbons (Fsp3) is 0.500. The van der Waals surface area contributed by atoms with Crippen LogP contribution in [-0.2, 0) is 5.60 Å². The molecule has 1 aromatic rings. The molecule has 0 aliphatic heterocycles. The van der Waals surface area contributed by atoms with Gasteiger partial charge in [0.1, 0.15) is 5.60 Å². The Bertz CT molecular complexity index is 403. The average molecular weight is 312 g/mol. The van der Waals surface area contributed by atoms with Crippen LogP contribution < -0.4 is 0 Å². The Morgan fingerprint density at radius 1 is 1.24 bits per heavy atom. The zero-order valence-corrected chi connectivity index (χ0v) is 13.5. The van der Waals surface area contributed by atoms with Crippen LogP contribution in [0.4, 0.5) is 0 Å². The highest BCUT2D eigenvalue weighted by atomic mass is 35.5. The smallest absolute Gasteiger partial charge is 0.102 e. The summed E-state index contributed by atoms with van der Waals surface area (Å²) in [5, 5.41) is 11.7. The SMILES string of the molecule is C[Si](C)(C)CC(O)(CCl)c1ccc(Cl)cc1Cl. The summed E-state index contributed by atoms with van der Waals surface area (Å²) in [7, 11) is -1.46. The van der Waals surface area contributed by atoms with Crippen molar-refractivity contribution in [3.63, 3.8) is 0 Å². The van der Waals surface area contributed by atoms with Crippen molar-refractivity contribution in [2.24, 2.45) is 0 Å². The summed E-state index contributed by atoms with van der Waals surface area (Å²) in [6.45, 7) is 6.57. The first-order valence-electron chi connectivity index (χ1n) is 5.42. The minimum Gasteiger partial charge on any atom is -0.384 e. The number of rotatable bonds is 4. The van der Waals surface area contributed by atoms with Gasteiger partial charge in [0.05, 0.1) is 5.88 Å². The van der Waals surface area contributed by atoms with E-state index < -0.39 is 13.7 Å². The number of alkyl halides is 1. The highest BCUT2D eigenvalue weighted by Gasteiger charge is 2.35. The summed E-state index contributed by atoms with van der Waals surface area (Å²) in [6.07, 6.45) is 0. The van der Waals surface area contributed by atoms with Gasteiger partial charge in [0.25, 0.3) is 0 Å². The molecule has 1 rings (SSSR count). The van der Waals surface area contributed by atoms with Crippen molar-refractivity contribution in [1.29, 1.82) is 0 Å². The lowest BCUT2D eigenvalue weighted by Gasteiger charge is -2.33. The molecule has 0 heterocycles. The fourth-order valence-corrected chi connectivity index (χ4v) is 5.01. The van der Waals surface area contributed by atoms with Crippen molar-refractivity contribution in [1.82, 2.24) is 0 Å². The first-order valence-corrected chi connectivity index (χ1v) is 10.4. The van der Waals surface area contributed by atoms with Crippen LogP contribution >= 0.6 is 34.8 Å². The van der Waals surface area contributed by atoms with Gasteiger partial charge in [-0.15, -0.1) is 11.6 Å². The van der Waals surface area contributed by atoms with E-state index in [0.717, 1.165) is 0 Å². The van der Waals surface area contributed by atoms with Crippen molar-refractivity contribution in [3.8, 4) is 0 Å². The van der Waals surface area contributed by atoms with E-state index in [-0.39, 0.29) is 5.88 Å². The van der Waals surface area contributed by atoms with Crippen LogP contribution in [0.15, 0.2) is 18.2 Å². The van der Waals surface area contributed by atoms with E-state index in [9.17, 15) is 5.11 Å². The Labute approximate surface area is 119 Å². The highest BCUT2D eigenvalue weighted by Crippen LogP contribution is 2.37. The van der Waals surface area contributed by atoms with Gasteiger partial charge >= 0.3 is 0 Å². The Morgan fingerprint density at radius 3 is 2.24 bits per heavy atom. The van der Waals surface area contributed by atoms with E-state index in [4.69, 9.17) is 34.8 Å². The van der Waals surface area contributed by atoms with E-state index in [2.05, 4.69) is 19.6 Å². The van der Waals surface area contributed by atoms with Crippen molar-refractivity contribution < 1.29 is 5.11 Å². The van der Waals surface area contributed by atoms with Crippen LogP contribution in [-0.4, -0.2) is 19.1 Å². The molecule has 0 aliphatic rings. The van der Waals surface area contributed by atoms with E-state index in [1.807, 2.05) is 0 Å². The van der Waals surface area contributed by atoms with E-state index in [1.165, 1.54) is 0 Å². The molecule has 5 heteroatoms. The van der Waals surface area contributed by atoms with Crippen molar-refractivity contribution in [2.45, 2.75) is 31.3 Å². The molecular formula is C12H17Cl3OSi. The molecule has 0 bridgehead atoms. The molecule has 0 aromatic heterocycles. The molecule has 0 amide bonds. The second-order valence-corrected chi connectivity index (χ2v) is 12.1. The van der Waals surface area contributed by atoms with Crippen molar-refractivity contribution in [3.05, 3.63) is 33.8 Å². The normalized spacial score (nSPS) is 15.7. The van der Waals surface area contributed by atoms with Gasteiger partial charge in [0, 0.05) is 23.7 Å². The van der Waals surface area contributed by atoms with Gasteiger partial charge in [-0.1, -0.05) is 48.9 Å². The number of hydrogen-bond donors (Lipinski definition) is 1. The number of benzene rings is 1. The lowest BCUT2D eigenvalue weighted by atomic mass is 9.98. The summed E-state index contributed by atoms with van der Waals surface area (Å²) in [6, 6.07) is 5.79. The number of halogens is 3. The first-order chi connectivity index (χ1) is 7.68. The maximum Gasteiger partial charge on any atom is 0.102 e. The first kappa shape index (κ1) is 15.3. The van der Waals surface area contributed by atoms with Crippen molar-refractivity contribution in [2.75, 3.05) is 5.88 Å². The molecule has 1 N–H and O–H groups in total. The van der Waals surface area contributed by atoms with Gasteiger partial charge in [-0.25, -0.2) is 0 Å². The Balaban J connectivity index is 3.16. The van der Waals surface area contributed by atoms with E-state index >= 15 is 0 Å². The van der Waals surface area contributed by atoms with Crippen LogP contribution in [0.2, 0.25) is 35.7 Å². The summed E-state index contributed by atoms with van der Waals surface area (Å²) < 4.78 is 0. The van der Waals surface area contributed by atoms with Gasteiger partial charge in [-0.2, -0.15) is 0 Å². The Kier molecular flexibility index (Phi) is 4.95. The average Bonchev–Trinajstić information content (AvgIpc) is 2.14. The van der Waals surface area contributed by atoms with Crippen LogP contribution in [0.25, 0.3) is 0 Å². The van der Waals surface area contributed by atoms with Crippen LogP contribution in [0.5, 0.6) is 0 Å². The molecule has 0 radical (unpaired) electrons. The molecule has 1 nitrogen and oxygen atoms in total. The van der Waals surface area contributed by atoms with Gasteiger partial charge in [0.15, 0.2) is 0 Å². The predicted molar refractivity (Wildman–Crippen MR) is 79.2 cm³/mol. The summed E-state index contributed by atoms with van der Waals surface area (Å²) in [5.41, 5.74) is -0.394. The summed E-state index contributed by atoms with van der Waals surface area (Å²) >= 11 is 17.9. The van der Waals surface area contributed by atoms with E-state index in [0.29, 0.717) is 21.7 Å². The molecule has 1 unspecified atom stereocenters. The summed E-state index contributed by atoms with van der Waals surface area (Å²) in [5.74, 6) is 0.138. The second-order valence-electron chi connectivity index (χ2n) is 5.53. The molecule has 0 spiro atoms. The van der Waals surface area contributed by atoms with Gasteiger partial charge < -0.3 is 5.11 Å². The third kappa shape index (κ3) is 4.14. The van der Waals surface area contributed by atoms with E-state index in [1.54, 1.807) is 18.2 Å². The molecule has 0 fully saturated rings. The van der Waals surface area contributed by atoms with Gasteiger partial charge in [-0.05, 0) is 18.2 Å². The Hall–Kier alpha value is 0.267. The number of hydrogen-bond acceptors (Lipinski definition) is 1. The lowest BCUT2D eigenvalue weighted by Crippen LogP contribution is -2.37. The maximum absolute atomic E-state index is 10.7. The zero-order valence-electron chi connectivity index (χ0n) is 10.2. The highest BCUT2D eigenvalue weighted by molar-refractivity contribution is 6.76. The van der Waals surface area contributed by atoms with Gasteiger partial charge in [-0.3, -0.25) is 0 Å². The molecule has 1 aromatic carbocycles. The lowest BCUT2D eigenvalue weighted by molar-refractivity contribution is 0.0809.